The largest absolute Gasteiger partial charge is 0.493 e. The second-order valence-corrected chi connectivity index (χ2v) is 11.8. The van der Waals surface area contributed by atoms with Gasteiger partial charge in [0, 0.05) is 60.8 Å². The number of anilines is 1. The van der Waals surface area contributed by atoms with Gasteiger partial charge in [0.25, 0.3) is 0 Å². The Morgan fingerprint density at radius 3 is 2.50 bits per heavy atom. The van der Waals surface area contributed by atoms with Gasteiger partial charge in [-0.2, -0.15) is 5.10 Å². The van der Waals surface area contributed by atoms with Crippen molar-refractivity contribution in [3.8, 4) is 22.8 Å². The zero-order valence-electron chi connectivity index (χ0n) is 22.8. The molecule has 0 radical (unpaired) electrons. The summed E-state index contributed by atoms with van der Waals surface area (Å²) in [6, 6.07) is 4.98. The molecule has 40 heavy (non-hydrogen) atoms. The van der Waals surface area contributed by atoms with Crippen molar-refractivity contribution in [2.45, 2.75) is 44.9 Å². The Bertz CT molecular complexity index is 1530. The molecule has 0 spiro atoms. The Labute approximate surface area is 241 Å². The summed E-state index contributed by atoms with van der Waals surface area (Å²) in [4.78, 5) is 10.3. The molecule has 5 rings (SSSR count). The predicted octanol–water partition coefficient (Wildman–Crippen LogP) is 5.55. The standard InChI is InChI=1S/C28H31Cl2FN6O3/c1-15(24-18(29)10-32-11-19(24)30)40-23-7-17-21(8-22(23)39-5)35-36-25(17)16-6-20(31)26(33-9-16)37-13-28(4,14-37)34-12-27(2,3)38/h6-11,15,34,38H,12-14H2,1-5H3,(H,35,36)/t15-/m1/s1. The highest BCUT2D eigenvalue weighted by atomic mass is 35.5. The average Bonchev–Trinajstić information content (AvgIpc) is 3.27. The lowest BCUT2D eigenvalue weighted by Crippen LogP contribution is -2.69. The number of nitrogens with one attached hydrogen (secondary N) is 2. The molecule has 0 unspecified atom stereocenters. The van der Waals surface area contributed by atoms with E-state index in [1.807, 2.05) is 18.7 Å². The molecule has 0 saturated carbocycles. The van der Waals surface area contributed by atoms with Gasteiger partial charge in [0.15, 0.2) is 23.1 Å². The number of hydrogen-bond donors (Lipinski definition) is 3. The van der Waals surface area contributed by atoms with E-state index in [0.29, 0.717) is 68.9 Å². The molecule has 4 heterocycles. The highest BCUT2D eigenvalue weighted by Gasteiger charge is 2.41. The van der Waals surface area contributed by atoms with Crippen LogP contribution in [0.3, 0.4) is 0 Å². The summed E-state index contributed by atoms with van der Waals surface area (Å²) < 4.78 is 27.1. The van der Waals surface area contributed by atoms with Crippen molar-refractivity contribution in [1.82, 2.24) is 25.5 Å². The van der Waals surface area contributed by atoms with Crippen molar-refractivity contribution >= 4 is 39.9 Å². The third-order valence-electron chi connectivity index (χ3n) is 6.87. The third-order valence-corrected chi connectivity index (χ3v) is 7.47. The van der Waals surface area contributed by atoms with Crippen LogP contribution in [0, 0.1) is 5.82 Å². The second-order valence-electron chi connectivity index (χ2n) is 11.0. The van der Waals surface area contributed by atoms with Crippen LogP contribution < -0.4 is 19.7 Å². The minimum Gasteiger partial charge on any atom is -0.493 e. The molecule has 0 amide bonds. The number of β-amino-alcohol motifs (C(OH)–C–C–N with tert-alkyl or cyclic N) is 1. The fourth-order valence-electron chi connectivity index (χ4n) is 4.84. The maximum absolute atomic E-state index is 15.3. The Hall–Kier alpha value is -3.18. The van der Waals surface area contributed by atoms with Gasteiger partial charge in [-0.3, -0.25) is 10.1 Å². The Morgan fingerprint density at radius 1 is 1.18 bits per heavy atom. The van der Waals surface area contributed by atoms with E-state index in [9.17, 15) is 5.11 Å². The number of rotatable bonds is 9. The normalized spacial score (nSPS) is 15.7. The van der Waals surface area contributed by atoms with E-state index in [4.69, 9.17) is 32.7 Å². The van der Waals surface area contributed by atoms with Crippen LogP contribution in [0.5, 0.6) is 11.5 Å². The Balaban J connectivity index is 1.39. The number of aliphatic hydroxyl groups is 1. The molecule has 0 aliphatic carbocycles. The smallest absolute Gasteiger partial charge is 0.166 e. The van der Waals surface area contributed by atoms with Crippen molar-refractivity contribution < 1.29 is 19.0 Å². The van der Waals surface area contributed by atoms with Gasteiger partial charge in [0.2, 0.25) is 0 Å². The minimum absolute atomic E-state index is 0.234. The molecule has 3 N–H and O–H groups in total. The molecular formula is C28H31Cl2FN6O3. The van der Waals surface area contributed by atoms with Crippen LogP contribution in [0.25, 0.3) is 22.2 Å². The molecule has 4 aromatic rings. The monoisotopic (exact) mass is 588 g/mol. The molecule has 1 atom stereocenters. The number of benzene rings is 1. The molecule has 1 aliphatic rings. The van der Waals surface area contributed by atoms with Gasteiger partial charge in [-0.15, -0.1) is 0 Å². The summed E-state index contributed by atoms with van der Waals surface area (Å²) in [5.41, 5.74) is 1.27. The molecule has 3 aromatic heterocycles. The molecule has 9 nitrogen and oxygen atoms in total. The van der Waals surface area contributed by atoms with Gasteiger partial charge in [-0.1, -0.05) is 23.2 Å². The number of aromatic nitrogens is 4. The first-order valence-corrected chi connectivity index (χ1v) is 13.5. The van der Waals surface area contributed by atoms with Gasteiger partial charge in [0.05, 0.1) is 33.8 Å². The minimum atomic E-state index is -0.826. The molecule has 1 saturated heterocycles. The molecule has 12 heteroatoms. The number of H-pyrrole nitrogens is 1. The Kier molecular flexibility index (Phi) is 7.56. The predicted molar refractivity (Wildman–Crippen MR) is 154 cm³/mol. The highest BCUT2D eigenvalue weighted by molar-refractivity contribution is 6.35. The van der Waals surface area contributed by atoms with E-state index in [1.165, 1.54) is 18.5 Å². The summed E-state index contributed by atoms with van der Waals surface area (Å²) in [6.45, 7) is 8.95. The molecule has 1 aliphatic heterocycles. The fraction of sp³-hybridized carbons (Fsp3) is 0.393. The van der Waals surface area contributed by atoms with Crippen molar-refractivity contribution in [3.05, 3.63) is 58.2 Å². The fourth-order valence-corrected chi connectivity index (χ4v) is 5.51. The average molecular weight is 589 g/mol. The first kappa shape index (κ1) is 28.4. The maximum Gasteiger partial charge on any atom is 0.166 e. The number of aromatic amines is 1. The summed E-state index contributed by atoms with van der Waals surface area (Å²) in [5.74, 6) is 0.752. The van der Waals surface area contributed by atoms with E-state index in [-0.39, 0.29) is 11.4 Å². The topological polar surface area (TPSA) is 108 Å². The van der Waals surface area contributed by atoms with Crippen LogP contribution in [-0.4, -0.2) is 63.2 Å². The number of halogens is 3. The summed E-state index contributed by atoms with van der Waals surface area (Å²) in [7, 11) is 1.54. The van der Waals surface area contributed by atoms with Crippen molar-refractivity contribution in [3.63, 3.8) is 0 Å². The quantitative estimate of drug-likeness (QED) is 0.233. The lowest BCUT2D eigenvalue weighted by Gasteiger charge is -2.50. The van der Waals surface area contributed by atoms with E-state index < -0.39 is 17.5 Å². The molecule has 1 aromatic carbocycles. The van der Waals surface area contributed by atoms with E-state index in [0.717, 1.165) is 0 Å². The summed E-state index contributed by atoms with van der Waals surface area (Å²) in [6.07, 6.45) is 4.12. The third kappa shape index (κ3) is 5.67. The Morgan fingerprint density at radius 2 is 1.88 bits per heavy atom. The van der Waals surface area contributed by atoms with Crippen LogP contribution in [-0.2, 0) is 0 Å². The van der Waals surface area contributed by atoms with Crippen LogP contribution >= 0.6 is 23.2 Å². The second kappa shape index (κ2) is 10.7. The SMILES string of the molecule is COc1cc2[nH]nc(-c3cnc(N4CC(C)(NCC(C)(C)O)C4)c(F)c3)c2cc1O[C@H](C)c1c(Cl)cncc1Cl. The lowest BCUT2D eigenvalue weighted by atomic mass is 9.91. The van der Waals surface area contributed by atoms with Crippen LogP contribution in [0.1, 0.15) is 39.4 Å². The molecular weight excluding hydrogens is 558 g/mol. The number of ether oxygens (including phenoxy) is 2. The number of hydrogen-bond acceptors (Lipinski definition) is 8. The van der Waals surface area contributed by atoms with E-state index >= 15 is 4.39 Å². The maximum atomic E-state index is 15.3. The first-order valence-electron chi connectivity index (χ1n) is 12.8. The lowest BCUT2D eigenvalue weighted by molar-refractivity contribution is 0.0664. The van der Waals surface area contributed by atoms with Crippen LogP contribution in [0.15, 0.2) is 36.8 Å². The van der Waals surface area contributed by atoms with Crippen molar-refractivity contribution in [1.29, 1.82) is 0 Å². The van der Waals surface area contributed by atoms with Gasteiger partial charge in [-0.05, 0) is 39.8 Å². The number of nitrogens with zero attached hydrogens (tertiary/aromatic N) is 4. The zero-order chi connectivity index (χ0) is 28.8. The highest BCUT2D eigenvalue weighted by Crippen LogP contribution is 2.40. The van der Waals surface area contributed by atoms with Crippen molar-refractivity contribution in [2.24, 2.45) is 0 Å². The van der Waals surface area contributed by atoms with Gasteiger partial charge < -0.3 is 24.8 Å². The molecule has 212 valence electrons. The van der Waals surface area contributed by atoms with Gasteiger partial charge in [-0.25, -0.2) is 9.37 Å². The van der Waals surface area contributed by atoms with E-state index in [1.54, 1.807) is 39.3 Å². The molecule has 0 bridgehead atoms. The molecule has 1 fully saturated rings. The summed E-state index contributed by atoms with van der Waals surface area (Å²) >= 11 is 12.7. The first-order chi connectivity index (χ1) is 18.9. The zero-order valence-corrected chi connectivity index (χ0v) is 24.4. The van der Waals surface area contributed by atoms with Crippen LogP contribution in [0.4, 0.5) is 10.2 Å². The van der Waals surface area contributed by atoms with Gasteiger partial charge in [0.1, 0.15) is 11.8 Å². The number of methoxy groups -OCH3 is 1. The summed E-state index contributed by atoms with van der Waals surface area (Å²) in [5, 5.41) is 22.3. The van der Waals surface area contributed by atoms with Gasteiger partial charge >= 0.3 is 0 Å². The van der Waals surface area contributed by atoms with E-state index in [2.05, 4.69) is 25.5 Å². The van der Waals surface area contributed by atoms with Crippen molar-refractivity contribution in [2.75, 3.05) is 31.6 Å². The number of pyridine rings is 2. The number of fused-ring (bicyclic) bond motifs is 1. The van der Waals surface area contributed by atoms with Crippen LogP contribution in [0.2, 0.25) is 10.0 Å².